The number of piperazine rings is 1. The van der Waals surface area contributed by atoms with Crippen molar-refractivity contribution in [2.24, 2.45) is 23.7 Å². The number of amides is 1. The third-order valence-electron chi connectivity index (χ3n) is 8.05. The lowest BCUT2D eigenvalue weighted by molar-refractivity contribution is -0.133. The molecule has 1 saturated heterocycles. The van der Waals surface area contributed by atoms with Gasteiger partial charge in [-0.2, -0.15) is 0 Å². The van der Waals surface area contributed by atoms with Crippen molar-refractivity contribution in [1.29, 1.82) is 0 Å². The molecular weight excluding hydrogens is 310 g/mol. The summed E-state index contributed by atoms with van der Waals surface area (Å²) in [6, 6.07) is 0.0577. The fraction of sp³-hybridized carbons (Fsp3) is 0.952. The summed E-state index contributed by atoms with van der Waals surface area (Å²) in [7, 11) is 0. The Bertz CT molecular complexity index is 478. The summed E-state index contributed by atoms with van der Waals surface area (Å²) in [6.07, 6.45) is 13.6. The molecule has 140 valence electrons. The van der Waals surface area contributed by atoms with Crippen LogP contribution in [0.1, 0.15) is 64.2 Å². The molecule has 6 rings (SSSR count). The number of carbonyl (C=O) groups is 1. The van der Waals surface area contributed by atoms with Crippen LogP contribution in [0.2, 0.25) is 0 Å². The summed E-state index contributed by atoms with van der Waals surface area (Å²) in [5, 5.41) is 7.10. The Morgan fingerprint density at radius 1 is 1.04 bits per heavy atom. The zero-order valence-electron chi connectivity index (χ0n) is 15.6. The van der Waals surface area contributed by atoms with Gasteiger partial charge in [0.2, 0.25) is 5.91 Å². The van der Waals surface area contributed by atoms with Gasteiger partial charge < -0.3 is 10.6 Å². The topological polar surface area (TPSA) is 44.4 Å². The summed E-state index contributed by atoms with van der Waals surface area (Å²) in [4.78, 5) is 15.8. The van der Waals surface area contributed by atoms with Crippen molar-refractivity contribution in [3.63, 3.8) is 0 Å². The summed E-state index contributed by atoms with van der Waals surface area (Å²) in [5.74, 6) is 3.84. The van der Waals surface area contributed by atoms with Crippen LogP contribution in [0.3, 0.4) is 0 Å². The van der Waals surface area contributed by atoms with Gasteiger partial charge in [0.1, 0.15) is 6.04 Å². The van der Waals surface area contributed by atoms with Crippen molar-refractivity contribution in [1.82, 2.24) is 15.5 Å². The van der Waals surface area contributed by atoms with E-state index in [1.165, 1.54) is 64.2 Å². The van der Waals surface area contributed by atoms with Crippen molar-refractivity contribution >= 4 is 5.91 Å². The zero-order chi connectivity index (χ0) is 16.9. The Hall–Kier alpha value is -0.610. The van der Waals surface area contributed by atoms with Gasteiger partial charge in [0.25, 0.3) is 0 Å². The van der Waals surface area contributed by atoms with E-state index in [0.717, 1.165) is 49.9 Å². The Morgan fingerprint density at radius 3 is 2.32 bits per heavy atom. The molecule has 1 aliphatic heterocycles. The molecule has 5 aliphatic carbocycles. The monoisotopic (exact) mass is 345 g/mol. The highest BCUT2D eigenvalue weighted by Crippen LogP contribution is 2.55. The van der Waals surface area contributed by atoms with Crippen LogP contribution in [-0.4, -0.2) is 48.6 Å². The summed E-state index contributed by atoms with van der Waals surface area (Å²) >= 11 is 0. The zero-order valence-corrected chi connectivity index (χ0v) is 15.6. The molecule has 5 saturated carbocycles. The minimum absolute atomic E-state index is 0.0577. The Labute approximate surface area is 152 Å². The molecule has 1 amide bonds. The number of nitrogens with one attached hydrogen (secondary N) is 2. The quantitative estimate of drug-likeness (QED) is 0.823. The molecule has 1 atom stereocenters. The maximum absolute atomic E-state index is 13.3. The largest absolute Gasteiger partial charge is 0.349 e. The van der Waals surface area contributed by atoms with Crippen molar-refractivity contribution in [2.45, 2.75) is 75.8 Å². The summed E-state index contributed by atoms with van der Waals surface area (Å²) in [5.41, 5.74) is 0.155. The van der Waals surface area contributed by atoms with Gasteiger partial charge in [0, 0.05) is 31.7 Å². The average molecular weight is 346 g/mol. The van der Waals surface area contributed by atoms with Crippen molar-refractivity contribution in [3.8, 4) is 0 Å². The molecule has 0 spiro atoms. The van der Waals surface area contributed by atoms with E-state index < -0.39 is 0 Å². The predicted molar refractivity (Wildman–Crippen MR) is 99.2 cm³/mol. The van der Waals surface area contributed by atoms with E-state index in [1.54, 1.807) is 0 Å². The van der Waals surface area contributed by atoms with E-state index in [-0.39, 0.29) is 11.6 Å². The normalized spacial score (nSPS) is 44.3. The summed E-state index contributed by atoms with van der Waals surface area (Å²) < 4.78 is 0. The van der Waals surface area contributed by atoms with Crippen LogP contribution in [0, 0.1) is 23.7 Å². The molecule has 4 nitrogen and oxygen atoms in total. The molecule has 4 heteroatoms. The molecule has 25 heavy (non-hydrogen) atoms. The number of hydrogen-bond donors (Lipinski definition) is 2. The highest BCUT2D eigenvalue weighted by atomic mass is 16.2. The number of carbonyl (C=O) groups excluding carboxylic acids is 1. The molecule has 4 bridgehead atoms. The smallest absolute Gasteiger partial charge is 0.239 e. The third kappa shape index (κ3) is 3.25. The van der Waals surface area contributed by atoms with Crippen LogP contribution in [0.15, 0.2) is 0 Å². The maximum Gasteiger partial charge on any atom is 0.239 e. The maximum atomic E-state index is 13.3. The molecule has 1 heterocycles. The SMILES string of the molecule is O=C(NC12CC3CC(CC(C3)C1)C2)[C@H]1CNCCN1CC1CCCC1. The summed E-state index contributed by atoms with van der Waals surface area (Å²) in [6.45, 7) is 4.05. The molecule has 0 aromatic heterocycles. The fourth-order valence-corrected chi connectivity index (χ4v) is 7.36. The number of hydrogen-bond acceptors (Lipinski definition) is 3. The van der Waals surface area contributed by atoms with Crippen LogP contribution >= 0.6 is 0 Å². The van der Waals surface area contributed by atoms with Crippen LogP contribution in [0.5, 0.6) is 0 Å². The van der Waals surface area contributed by atoms with Crippen LogP contribution in [0.4, 0.5) is 0 Å². The number of nitrogens with zero attached hydrogens (tertiary/aromatic N) is 1. The van der Waals surface area contributed by atoms with E-state index in [2.05, 4.69) is 15.5 Å². The van der Waals surface area contributed by atoms with E-state index in [0.29, 0.717) is 5.91 Å². The molecule has 6 fully saturated rings. The van der Waals surface area contributed by atoms with E-state index in [1.807, 2.05) is 0 Å². The van der Waals surface area contributed by atoms with Crippen LogP contribution < -0.4 is 10.6 Å². The van der Waals surface area contributed by atoms with Gasteiger partial charge in [-0.15, -0.1) is 0 Å². The molecule has 0 unspecified atom stereocenters. The first kappa shape index (κ1) is 16.6. The average Bonchev–Trinajstić information content (AvgIpc) is 3.06. The van der Waals surface area contributed by atoms with Crippen molar-refractivity contribution < 1.29 is 4.79 Å². The van der Waals surface area contributed by atoms with Gasteiger partial charge in [0.05, 0.1) is 0 Å². The van der Waals surface area contributed by atoms with E-state index in [9.17, 15) is 4.79 Å². The highest BCUT2D eigenvalue weighted by Gasteiger charge is 2.52. The van der Waals surface area contributed by atoms with Gasteiger partial charge >= 0.3 is 0 Å². The first-order valence-electron chi connectivity index (χ1n) is 11.0. The standard InChI is InChI=1S/C21H35N3O/c25-20(19-13-22-5-6-24(19)14-15-3-1-2-4-15)23-21-10-16-7-17(11-21)9-18(8-16)12-21/h15-19,22H,1-14H2,(H,23,25)/t16?,17?,18?,19-,21?/m1/s1. The van der Waals surface area contributed by atoms with Gasteiger partial charge in [-0.3, -0.25) is 9.69 Å². The van der Waals surface area contributed by atoms with Gasteiger partial charge in [0.15, 0.2) is 0 Å². The van der Waals surface area contributed by atoms with Crippen LogP contribution in [-0.2, 0) is 4.79 Å². The fourth-order valence-electron chi connectivity index (χ4n) is 7.36. The Morgan fingerprint density at radius 2 is 1.68 bits per heavy atom. The molecule has 2 N–H and O–H groups in total. The molecular formula is C21H35N3O. The van der Waals surface area contributed by atoms with E-state index >= 15 is 0 Å². The minimum atomic E-state index is 0.0577. The van der Waals surface area contributed by atoms with Gasteiger partial charge in [-0.25, -0.2) is 0 Å². The number of rotatable bonds is 4. The molecule has 0 aromatic rings. The lowest BCUT2D eigenvalue weighted by atomic mass is 9.53. The second-order valence-electron chi connectivity index (χ2n) is 10.1. The van der Waals surface area contributed by atoms with Gasteiger partial charge in [-0.1, -0.05) is 12.8 Å². The van der Waals surface area contributed by atoms with Gasteiger partial charge in [-0.05, 0) is 75.0 Å². The predicted octanol–water partition coefficient (Wildman–Crippen LogP) is 2.54. The first-order chi connectivity index (χ1) is 12.2. The first-order valence-corrected chi connectivity index (χ1v) is 11.0. The Kier molecular flexibility index (Phi) is 4.32. The van der Waals surface area contributed by atoms with Crippen molar-refractivity contribution in [3.05, 3.63) is 0 Å². The lowest BCUT2D eigenvalue weighted by Crippen LogP contribution is -2.65. The second kappa shape index (κ2) is 6.53. The molecule has 0 radical (unpaired) electrons. The van der Waals surface area contributed by atoms with Crippen LogP contribution in [0.25, 0.3) is 0 Å². The van der Waals surface area contributed by atoms with Crippen molar-refractivity contribution in [2.75, 3.05) is 26.2 Å². The van der Waals surface area contributed by atoms with E-state index in [4.69, 9.17) is 0 Å². The highest BCUT2D eigenvalue weighted by molar-refractivity contribution is 5.83. The molecule has 0 aromatic carbocycles. The third-order valence-corrected chi connectivity index (χ3v) is 8.05. The molecule has 6 aliphatic rings. The lowest BCUT2D eigenvalue weighted by Gasteiger charge is -2.57. The second-order valence-corrected chi connectivity index (χ2v) is 10.1. The minimum Gasteiger partial charge on any atom is -0.349 e. The Balaban J connectivity index is 1.26.